The van der Waals surface area contributed by atoms with E-state index in [1.807, 2.05) is 0 Å². The number of aryl methyl sites for hydroxylation is 1. The van der Waals surface area contributed by atoms with Gasteiger partial charge in [-0.25, -0.2) is 0 Å². The van der Waals surface area contributed by atoms with Gasteiger partial charge in [-0.2, -0.15) is 0 Å². The van der Waals surface area contributed by atoms with Gasteiger partial charge in [-0.3, -0.25) is 0 Å². The quantitative estimate of drug-likeness (QED) is 0.853. The number of fused-ring (bicyclic) bond motifs is 1. The molecule has 3 nitrogen and oxygen atoms in total. The Morgan fingerprint density at radius 1 is 1.18 bits per heavy atom. The second kappa shape index (κ2) is 3.91. The van der Waals surface area contributed by atoms with Crippen molar-refractivity contribution in [3.63, 3.8) is 0 Å². The molecule has 2 aliphatic rings. The average Bonchev–Trinajstić information content (AvgIpc) is 2.95. The van der Waals surface area contributed by atoms with Crippen LogP contribution in [0.2, 0.25) is 0 Å². The van der Waals surface area contributed by atoms with Crippen LogP contribution in [0.4, 0.5) is 0 Å². The molecular weight excluding hydrogens is 214 g/mol. The van der Waals surface area contributed by atoms with E-state index in [0.29, 0.717) is 6.79 Å². The lowest BCUT2D eigenvalue weighted by Gasteiger charge is -2.29. The van der Waals surface area contributed by atoms with E-state index < -0.39 is 0 Å². The van der Waals surface area contributed by atoms with Crippen LogP contribution in [0.25, 0.3) is 0 Å². The Morgan fingerprint density at radius 3 is 2.47 bits per heavy atom. The molecule has 0 spiro atoms. The third-order valence-corrected chi connectivity index (χ3v) is 4.24. The largest absolute Gasteiger partial charge is 0.454 e. The van der Waals surface area contributed by atoms with Crippen LogP contribution in [-0.2, 0) is 5.41 Å². The zero-order valence-corrected chi connectivity index (χ0v) is 10.3. The predicted octanol–water partition coefficient (Wildman–Crippen LogP) is 2.49. The van der Waals surface area contributed by atoms with Crippen LogP contribution >= 0.6 is 0 Å². The van der Waals surface area contributed by atoms with Crippen molar-refractivity contribution < 1.29 is 9.47 Å². The average molecular weight is 233 g/mol. The van der Waals surface area contributed by atoms with Crippen LogP contribution in [-0.4, -0.2) is 13.3 Å². The molecule has 0 atom stereocenters. The van der Waals surface area contributed by atoms with E-state index in [-0.39, 0.29) is 5.41 Å². The van der Waals surface area contributed by atoms with Gasteiger partial charge in [0.1, 0.15) is 0 Å². The van der Waals surface area contributed by atoms with Gasteiger partial charge < -0.3 is 15.2 Å². The smallest absolute Gasteiger partial charge is 0.231 e. The lowest BCUT2D eigenvalue weighted by Crippen LogP contribution is -2.32. The van der Waals surface area contributed by atoms with Crippen LogP contribution in [0.3, 0.4) is 0 Å². The van der Waals surface area contributed by atoms with Crippen LogP contribution < -0.4 is 15.2 Å². The molecular formula is C14H19NO2. The van der Waals surface area contributed by atoms with Crippen molar-refractivity contribution in [3.8, 4) is 11.5 Å². The highest BCUT2D eigenvalue weighted by Crippen LogP contribution is 2.45. The lowest BCUT2D eigenvalue weighted by molar-refractivity contribution is 0.174. The van der Waals surface area contributed by atoms with Gasteiger partial charge in [0.05, 0.1) is 0 Å². The SMILES string of the molecule is Cc1cc2c(cc1C1(CN)CCCC1)OCO2. The first kappa shape index (κ1) is 10.9. The van der Waals surface area contributed by atoms with Crippen molar-refractivity contribution in [3.05, 3.63) is 23.3 Å². The Labute approximate surface area is 102 Å². The number of benzene rings is 1. The highest BCUT2D eigenvalue weighted by atomic mass is 16.7. The molecule has 0 unspecified atom stereocenters. The molecule has 0 aromatic heterocycles. The van der Waals surface area contributed by atoms with E-state index >= 15 is 0 Å². The number of ether oxygens (including phenoxy) is 2. The molecule has 1 aliphatic carbocycles. The second-order valence-corrected chi connectivity index (χ2v) is 5.21. The Hall–Kier alpha value is -1.22. The molecule has 3 heteroatoms. The van der Waals surface area contributed by atoms with Crippen molar-refractivity contribution in [1.29, 1.82) is 0 Å². The number of rotatable bonds is 2. The lowest BCUT2D eigenvalue weighted by atomic mass is 9.77. The van der Waals surface area contributed by atoms with Gasteiger partial charge in [-0.1, -0.05) is 12.8 Å². The molecule has 1 aromatic rings. The zero-order valence-electron chi connectivity index (χ0n) is 10.3. The molecule has 1 fully saturated rings. The fourth-order valence-electron chi connectivity index (χ4n) is 3.25. The molecule has 1 aromatic carbocycles. The van der Waals surface area contributed by atoms with Crippen LogP contribution in [0.15, 0.2) is 12.1 Å². The predicted molar refractivity (Wildman–Crippen MR) is 66.5 cm³/mol. The maximum absolute atomic E-state index is 6.04. The van der Waals surface area contributed by atoms with E-state index in [4.69, 9.17) is 15.2 Å². The van der Waals surface area contributed by atoms with E-state index in [9.17, 15) is 0 Å². The zero-order chi connectivity index (χ0) is 11.9. The Bertz CT molecular complexity index is 436. The van der Waals surface area contributed by atoms with Crippen molar-refractivity contribution in [2.75, 3.05) is 13.3 Å². The molecule has 1 aliphatic heterocycles. The first-order valence-electron chi connectivity index (χ1n) is 6.36. The Kier molecular flexibility index (Phi) is 2.51. The summed E-state index contributed by atoms with van der Waals surface area (Å²) in [5.41, 5.74) is 8.86. The summed E-state index contributed by atoms with van der Waals surface area (Å²) in [6.45, 7) is 3.22. The van der Waals surface area contributed by atoms with E-state index in [1.54, 1.807) is 0 Å². The summed E-state index contributed by atoms with van der Waals surface area (Å²) in [4.78, 5) is 0. The third-order valence-electron chi connectivity index (χ3n) is 4.24. The molecule has 17 heavy (non-hydrogen) atoms. The summed E-state index contributed by atoms with van der Waals surface area (Å²) in [5, 5.41) is 0. The minimum absolute atomic E-state index is 0.172. The minimum atomic E-state index is 0.172. The molecule has 0 bridgehead atoms. The van der Waals surface area contributed by atoms with Gasteiger partial charge in [-0.15, -0.1) is 0 Å². The first-order chi connectivity index (χ1) is 8.25. The van der Waals surface area contributed by atoms with E-state index in [1.165, 1.54) is 36.8 Å². The molecule has 0 radical (unpaired) electrons. The first-order valence-corrected chi connectivity index (χ1v) is 6.36. The van der Waals surface area contributed by atoms with Gasteiger partial charge in [0.25, 0.3) is 0 Å². The molecule has 2 N–H and O–H groups in total. The normalized spacial score (nSPS) is 20.8. The van der Waals surface area contributed by atoms with Gasteiger partial charge >= 0.3 is 0 Å². The van der Waals surface area contributed by atoms with Gasteiger partial charge in [0.15, 0.2) is 11.5 Å². The summed E-state index contributed by atoms with van der Waals surface area (Å²) in [6.07, 6.45) is 4.96. The molecule has 1 saturated carbocycles. The Balaban J connectivity index is 2.07. The van der Waals surface area contributed by atoms with Crippen LogP contribution in [0.1, 0.15) is 36.8 Å². The number of hydrogen-bond donors (Lipinski definition) is 1. The maximum Gasteiger partial charge on any atom is 0.231 e. The monoisotopic (exact) mass is 233 g/mol. The van der Waals surface area contributed by atoms with Crippen molar-refractivity contribution in [2.24, 2.45) is 5.73 Å². The summed E-state index contributed by atoms with van der Waals surface area (Å²) >= 11 is 0. The molecule has 3 rings (SSSR count). The summed E-state index contributed by atoms with van der Waals surface area (Å²) in [6, 6.07) is 4.24. The van der Waals surface area contributed by atoms with Crippen LogP contribution in [0, 0.1) is 6.92 Å². The topological polar surface area (TPSA) is 44.5 Å². The summed E-state index contributed by atoms with van der Waals surface area (Å²) < 4.78 is 10.9. The maximum atomic E-state index is 6.04. The number of nitrogens with two attached hydrogens (primary N) is 1. The van der Waals surface area contributed by atoms with Crippen molar-refractivity contribution >= 4 is 0 Å². The van der Waals surface area contributed by atoms with E-state index in [0.717, 1.165) is 18.0 Å². The van der Waals surface area contributed by atoms with Gasteiger partial charge in [0, 0.05) is 12.0 Å². The summed E-state index contributed by atoms with van der Waals surface area (Å²) in [5.74, 6) is 1.75. The van der Waals surface area contributed by atoms with Crippen molar-refractivity contribution in [1.82, 2.24) is 0 Å². The molecule has 0 saturated heterocycles. The number of hydrogen-bond acceptors (Lipinski definition) is 3. The standard InChI is InChI=1S/C14H19NO2/c1-10-6-12-13(17-9-16-12)7-11(10)14(8-15)4-2-3-5-14/h6-7H,2-5,8-9,15H2,1H3. The molecule has 92 valence electrons. The summed E-state index contributed by atoms with van der Waals surface area (Å²) in [7, 11) is 0. The Morgan fingerprint density at radius 2 is 1.82 bits per heavy atom. The fraction of sp³-hybridized carbons (Fsp3) is 0.571. The molecule has 0 amide bonds. The van der Waals surface area contributed by atoms with Gasteiger partial charge in [-0.05, 0) is 43.0 Å². The van der Waals surface area contributed by atoms with Gasteiger partial charge in [0.2, 0.25) is 6.79 Å². The van der Waals surface area contributed by atoms with E-state index in [2.05, 4.69) is 19.1 Å². The fourth-order valence-corrected chi connectivity index (χ4v) is 3.25. The highest BCUT2D eigenvalue weighted by Gasteiger charge is 2.36. The molecule has 1 heterocycles. The van der Waals surface area contributed by atoms with Crippen LogP contribution in [0.5, 0.6) is 11.5 Å². The minimum Gasteiger partial charge on any atom is -0.454 e. The third kappa shape index (κ3) is 1.61. The highest BCUT2D eigenvalue weighted by molar-refractivity contribution is 5.51. The second-order valence-electron chi connectivity index (χ2n) is 5.21. The van der Waals surface area contributed by atoms with Crippen molar-refractivity contribution in [2.45, 2.75) is 38.0 Å².